The van der Waals surface area contributed by atoms with Gasteiger partial charge in [0.15, 0.2) is 17.5 Å². The Morgan fingerprint density at radius 3 is 2.33 bits per heavy atom. The molecule has 6 heteroatoms. The predicted octanol–water partition coefficient (Wildman–Crippen LogP) is 4.74. The van der Waals surface area contributed by atoms with Crippen LogP contribution in [0.3, 0.4) is 0 Å². The molecule has 0 N–H and O–H groups in total. The van der Waals surface area contributed by atoms with Gasteiger partial charge in [-0.3, -0.25) is 4.57 Å². The first-order valence-corrected chi connectivity index (χ1v) is 6.69. The predicted molar refractivity (Wildman–Crippen MR) is 75.2 cm³/mol. The van der Waals surface area contributed by atoms with Crippen molar-refractivity contribution in [2.45, 2.75) is 12.3 Å². The number of aromatic nitrogens is 2. The molecule has 21 heavy (non-hydrogen) atoms. The Labute approximate surface area is 123 Å². The molecule has 2 nitrogen and oxygen atoms in total. The van der Waals surface area contributed by atoms with Crippen LogP contribution in [0.1, 0.15) is 18.1 Å². The quantitative estimate of drug-likeness (QED) is 0.493. The van der Waals surface area contributed by atoms with Gasteiger partial charge in [0, 0.05) is 12.1 Å². The fraction of sp³-hybridized carbons (Fsp3) is 0.133. The van der Waals surface area contributed by atoms with Crippen LogP contribution in [-0.2, 0) is 0 Å². The number of nitrogens with zero attached hydrogens (tertiary/aromatic N) is 2. The maximum Gasteiger partial charge on any atom is 0.194 e. The Hall–Kier alpha value is -2.01. The Bertz CT molecular complexity index is 804. The van der Waals surface area contributed by atoms with E-state index in [0.29, 0.717) is 16.9 Å². The summed E-state index contributed by atoms with van der Waals surface area (Å²) in [5, 5.41) is -0.478. The highest BCUT2D eigenvalue weighted by molar-refractivity contribution is 6.20. The molecule has 108 valence electrons. The molecule has 0 radical (unpaired) electrons. The van der Waals surface area contributed by atoms with Crippen LogP contribution < -0.4 is 0 Å². The SMILES string of the molecule is CC(Cl)c1nc2ccccc2n1-c1cc(F)c(F)c(F)c1. The van der Waals surface area contributed by atoms with Crippen LogP contribution in [0, 0.1) is 17.5 Å². The van der Waals surface area contributed by atoms with Gasteiger partial charge in [-0.15, -0.1) is 11.6 Å². The fourth-order valence-electron chi connectivity index (χ4n) is 2.25. The zero-order chi connectivity index (χ0) is 15.1. The van der Waals surface area contributed by atoms with E-state index in [1.165, 1.54) is 4.57 Å². The van der Waals surface area contributed by atoms with Crippen LogP contribution in [0.4, 0.5) is 13.2 Å². The minimum Gasteiger partial charge on any atom is -0.295 e. The lowest BCUT2D eigenvalue weighted by Crippen LogP contribution is -2.04. The van der Waals surface area contributed by atoms with E-state index >= 15 is 0 Å². The summed E-state index contributed by atoms with van der Waals surface area (Å²) in [5.74, 6) is -3.57. The van der Waals surface area contributed by atoms with Gasteiger partial charge in [0.05, 0.1) is 22.1 Å². The Morgan fingerprint density at radius 1 is 1.10 bits per heavy atom. The molecule has 3 aromatic rings. The molecule has 0 aliphatic carbocycles. The summed E-state index contributed by atoms with van der Waals surface area (Å²) in [5.41, 5.74) is 1.43. The van der Waals surface area contributed by atoms with E-state index in [9.17, 15) is 13.2 Å². The third-order valence-electron chi connectivity index (χ3n) is 3.17. The summed E-state index contributed by atoms with van der Waals surface area (Å²) >= 11 is 6.10. The highest BCUT2D eigenvalue weighted by Gasteiger charge is 2.19. The number of hydrogen-bond acceptors (Lipinski definition) is 1. The lowest BCUT2D eigenvalue weighted by molar-refractivity contribution is 0.446. The molecule has 1 atom stereocenters. The summed E-state index contributed by atoms with van der Waals surface area (Å²) in [6.07, 6.45) is 0. The van der Waals surface area contributed by atoms with Crippen LogP contribution in [0.15, 0.2) is 36.4 Å². The minimum atomic E-state index is -1.50. The second-order valence-corrected chi connectivity index (χ2v) is 5.29. The van der Waals surface area contributed by atoms with Crippen LogP contribution >= 0.6 is 11.6 Å². The maximum absolute atomic E-state index is 13.5. The van der Waals surface area contributed by atoms with Crippen molar-refractivity contribution in [2.24, 2.45) is 0 Å². The second kappa shape index (κ2) is 5.07. The normalized spacial score (nSPS) is 12.8. The first-order chi connectivity index (χ1) is 9.99. The van der Waals surface area contributed by atoms with Crippen molar-refractivity contribution in [3.8, 4) is 5.69 Å². The number of fused-ring (bicyclic) bond motifs is 1. The van der Waals surface area contributed by atoms with Crippen molar-refractivity contribution >= 4 is 22.6 Å². The van der Waals surface area contributed by atoms with Crippen molar-refractivity contribution in [3.63, 3.8) is 0 Å². The fourth-order valence-corrected chi connectivity index (χ4v) is 2.40. The molecule has 1 heterocycles. The van der Waals surface area contributed by atoms with Crippen molar-refractivity contribution in [1.29, 1.82) is 0 Å². The van der Waals surface area contributed by atoms with Crippen LogP contribution in [0.5, 0.6) is 0 Å². The number of alkyl halides is 1. The first kappa shape index (κ1) is 13.9. The van der Waals surface area contributed by atoms with E-state index in [-0.39, 0.29) is 5.69 Å². The van der Waals surface area contributed by atoms with Gasteiger partial charge in [-0.2, -0.15) is 0 Å². The molecular weight excluding hydrogens is 301 g/mol. The molecule has 0 aliphatic heterocycles. The summed E-state index contributed by atoms with van der Waals surface area (Å²) in [6.45, 7) is 1.70. The van der Waals surface area contributed by atoms with Crippen molar-refractivity contribution < 1.29 is 13.2 Å². The number of para-hydroxylation sites is 2. The molecule has 3 rings (SSSR count). The summed E-state index contributed by atoms with van der Waals surface area (Å²) in [7, 11) is 0. The summed E-state index contributed by atoms with van der Waals surface area (Å²) < 4.78 is 41.6. The van der Waals surface area contributed by atoms with Gasteiger partial charge in [0.2, 0.25) is 0 Å². The van der Waals surface area contributed by atoms with Gasteiger partial charge < -0.3 is 0 Å². The Balaban J connectivity index is 2.35. The van der Waals surface area contributed by atoms with E-state index in [1.54, 1.807) is 31.2 Å². The smallest absolute Gasteiger partial charge is 0.194 e. The van der Waals surface area contributed by atoms with Gasteiger partial charge in [-0.1, -0.05) is 12.1 Å². The summed E-state index contributed by atoms with van der Waals surface area (Å²) in [6, 6.07) is 8.95. The first-order valence-electron chi connectivity index (χ1n) is 6.25. The molecule has 0 fully saturated rings. The molecule has 1 aromatic heterocycles. The van der Waals surface area contributed by atoms with Crippen LogP contribution in [-0.4, -0.2) is 9.55 Å². The maximum atomic E-state index is 13.5. The number of imidazole rings is 1. The molecule has 0 saturated carbocycles. The third kappa shape index (κ3) is 2.27. The molecule has 0 amide bonds. The number of halogens is 4. The summed E-state index contributed by atoms with van der Waals surface area (Å²) in [4.78, 5) is 4.36. The Morgan fingerprint density at radius 2 is 1.71 bits per heavy atom. The molecule has 0 bridgehead atoms. The number of rotatable bonds is 2. The van der Waals surface area contributed by atoms with E-state index < -0.39 is 22.8 Å². The molecule has 0 aliphatic rings. The van der Waals surface area contributed by atoms with E-state index in [1.807, 2.05) is 0 Å². The van der Waals surface area contributed by atoms with Crippen LogP contribution in [0.25, 0.3) is 16.7 Å². The van der Waals surface area contributed by atoms with Crippen LogP contribution in [0.2, 0.25) is 0 Å². The van der Waals surface area contributed by atoms with Gasteiger partial charge in [-0.25, -0.2) is 18.2 Å². The van der Waals surface area contributed by atoms with E-state index in [2.05, 4.69) is 4.98 Å². The molecular formula is C15H10ClF3N2. The largest absolute Gasteiger partial charge is 0.295 e. The minimum absolute atomic E-state index is 0.141. The average Bonchev–Trinajstić information content (AvgIpc) is 2.84. The van der Waals surface area contributed by atoms with Gasteiger partial charge >= 0.3 is 0 Å². The highest BCUT2D eigenvalue weighted by atomic mass is 35.5. The number of benzene rings is 2. The highest BCUT2D eigenvalue weighted by Crippen LogP contribution is 2.29. The number of hydrogen-bond donors (Lipinski definition) is 0. The standard InChI is InChI=1S/C15H10ClF3N2/c1-8(16)15-20-12-4-2-3-5-13(12)21(15)9-6-10(17)14(19)11(18)7-9/h2-8H,1H3. The van der Waals surface area contributed by atoms with Crippen molar-refractivity contribution in [2.75, 3.05) is 0 Å². The monoisotopic (exact) mass is 310 g/mol. The van der Waals surface area contributed by atoms with E-state index in [0.717, 1.165) is 12.1 Å². The zero-order valence-corrected chi connectivity index (χ0v) is 11.7. The lowest BCUT2D eigenvalue weighted by atomic mass is 10.2. The van der Waals surface area contributed by atoms with Gasteiger partial charge in [0.25, 0.3) is 0 Å². The lowest BCUT2D eigenvalue weighted by Gasteiger charge is -2.11. The zero-order valence-electron chi connectivity index (χ0n) is 10.9. The molecule has 0 saturated heterocycles. The van der Waals surface area contributed by atoms with E-state index in [4.69, 9.17) is 11.6 Å². The second-order valence-electron chi connectivity index (χ2n) is 4.63. The average molecular weight is 311 g/mol. The molecule has 1 unspecified atom stereocenters. The topological polar surface area (TPSA) is 17.8 Å². The molecule has 2 aromatic carbocycles. The van der Waals surface area contributed by atoms with Crippen molar-refractivity contribution in [3.05, 3.63) is 59.7 Å². The third-order valence-corrected chi connectivity index (χ3v) is 3.36. The Kier molecular flexibility index (Phi) is 3.37. The van der Waals surface area contributed by atoms with Gasteiger partial charge in [0.1, 0.15) is 5.82 Å². The van der Waals surface area contributed by atoms with Gasteiger partial charge in [-0.05, 0) is 19.1 Å². The molecule has 0 spiro atoms. The van der Waals surface area contributed by atoms with Crippen molar-refractivity contribution in [1.82, 2.24) is 9.55 Å².